The van der Waals surface area contributed by atoms with Crippen molar-refractivity contribution in [2.45, 2.75) is 26.2 Å². The summed E-state index contributed by atoms with van der Waals surface area (Å²) in [4.78, 5) is 0. The van der Waals surface area contributed by atoms with Crippen LogP contribution in [-0.4, -0.2) is 0 Å². The first-order chi connectivity index (χ1) is 7.13. The first-order valence-electron chi connectivity index (χ1n) is 5.12. The molecular weight excluding hydrogens is 182 g/mol. The molecule has 2 N–H and O–H groups in total. The standard InChI is InChI=1S/C14H21N/c1-5-7-14(6-2)9-8-12(3)10-13(4)11-15/h5-7,11H,1-3,8-10,15H2,4H3/b13-11-,14-7+. The molecule has 0 spiro atoms. The van der Waals surface area contributed by atoms with Gasteiger partial charge in [-0.1, -0.05) is 49.1 Å². The summed E-state index contributed by atoms with van der Waals surface area (Å²) in [6.07, 6.45) is 10.1. The molecule has 0 aliphatic carbocycles. The van der Waals surface area contributed by atoms with E-state index in [-0.39, 0.29) is 0 Å². The van der Waals surface area contributed by atoms with E-state index in [4.69, 9.17) is 5.73 Å². The molecule has 82 valence electrons. The summed E-state index contributed by atoms with van der Waals surface area (Å²) < 4.78 is 0. The first-order valence-corrected chi connectivity index (χ1v) is 5.12. The maximum atomic E-state index is 5.41. The molecule has 0 bridgehead atoms. The normalized spacial score (nSPS) is 12.3. The Balaban J connectivity index is 4.05. The van der Waals surface area contributed by atoms with Crippen molar-refractivity contribution in [3.05, 3.63) is 60.9 Å². The second kappa shape index (κ2) is 7.86. The molecule has 0 aliphatic heterocycles. The van der Waals surface area contributed by atoms with Gasteiger partial charge in [-0.05, 0) is 38.0 Å². The zero-order valence-corrected chi connectivity index (χ0v) is 9.63. The molecule has 0 amide bonds. The number of hydrogen-bond acceptors (Lipinski definition) is 1. The minimum Gasteiger partial charge on any atom is -0.405 e. The van der Waals surface area contributed by atoms with Crippen molar-refractivity contribution in [2.75, 3.05) is 0 Å². The number of allylic oxidation sites excluding steroid dienone is 6. The van der Waals surface area contributed by atoms with Gasteiger partial charge in [0, 0.05) is 0 Å². The van der Waals surface area contributed by atoms with Gasteiger partial charge in [0.2, 0.25) is 0 Å². The molecule has 0 aromatic heterocycles. The molecule has 15 heavy (non-hydrogen) atoms. The Kier molecular flexibility index (Phi) is 7.08. The van der Waals surface area contributed by atoms with E-state index in [0.29, 0.717) is 0 Å². The molecule has 0 atom stereocenters. The maximum absolute atomic E-state index is 5.41. The van der Waals surface area contributed by atoms with Crippen molar-refractivity contribution in [3.63, 3.8) is 0 Å². The molecule has 0 rings (SSSR count). The summed E-state index contributed by atoms with van der Waals surface area (Å²) in [5, 5.41) is 0. The number of hydrogen-bond donors (Lipinski definition) is 1. The van der Waals surface area contributed by atoms with Gasteiger partial charge in [-0.15, -0.1) is 0 Å². The van der Waals surface area contributed by atoms with Crippen molar-refractivity contribution in [2.24, 2.45) is 5.73 Å². The molecule has 0 unspecified atom stereocenters. The minimum atomic E-state index is 0.884. The van der Waals surface area contributed by atoms with Gasteiger partial charge in [0.15, 0.2) is 0 Å². The Morgan fingerprint density at radius 2 is 1.93 bits per heavy atom. The highest BCUT2D eigenvalue weighted by molar-refractivity contribution is 5.22. The van der Waals surface area contributed by atoms with Crippen LogP contribution < -0.4 is 5.73 Å². The smallest absolute Gasteiger partial charge is 0.00700 e. The zero-order valence-electron chi connectivity index (χ0n) is 9.63. The third-order valence-corrected chi connectivity index (χ3v) is 2.17. The Morgan fingerprint density at radius 3 is 2.40 bits per heavy atom. The van der Waals surface area contributed by atoms with Crippen molar-refractivity contribution in [1.82, 2.24) is 0 Å². The molecular formula is C14H21N. The Hall–Kier alpha value is -1.50. The fraction of sp³-hybridized carbons (Fsp3) is 0.286. The number of nitrogens with two attached hydrogens (primary N) is 1. The van der Waals surface area contributed by atoms with Gasteiger partial charge in [0.1, 0.15) is 0 Å². The van der Waals surface area contributed by atoms with Crippen molar-refractivity contribution >= 4 is 0 Å². The highest BCUT2D eigenvalue weighted by Crippen LogP contribution is 2.17. The highest BCUT2D eigenvalue weighted by atomic mass is 14.5. The van der Waals surface area contributed by atoms with Crippen LogP contribution in [0.4, 0.5) is 0 Å². The SMILES string of the molecule is C=C/C=C(\C=C)CCC(=C)C/C(C)=C\N. The van der Waals surface area contributed by atoms with Crippen LogP contribution in [0, 0.1) is 0 Å². The predicted molar refractivity (Wildman–Crippen MR) is 69.4 cm³/mol. The average Bonchev–Trinajstić information content (AvgIpc) is 2.23. The zero-order chi connectivity index (χ0) is 11.7. The second-order valence-corrected chi connectivity index (χ2v) is 3.62. The van der Waals surface area contributed by atoms with Gasteiger partial charge >= 0.3 is 0 Å². The van der Waals surface area contributed by atoms with Gasteiger partial charge in [0.05, 0.1) is 0 Å². The fourth-order valence-electron chi connectivity index (χ4n) is 1.27. The van der Waals surface area contributed by atoms with E-state index >= 15 is 0 Å². The summed E-state index contributed by atoms with van der Waals surface area (Å²) in [7, 11) is 0. The summed E-state index contributed by atoms with van der Waals surface area (Å²) in [5.41, 5.74) is 8.96. The Labute approximate surface area is 93.4 Å². The van der Waals surface area contributed by atoms with E-state index in [1.165, 1.54) is 11.1 Å². The van der Waals surface area contributed by atoms with Crippen LogP contribution >= 0.6 is 0 Å². The van der Waals surface area contributed by atoms with Crippen LogP contribution in [0.3, 0.4) is 0 Å². The quantitative estimate of drug-likeness (QED) is 0.493. The molecule has 0 fully saturated rings. The molecule has 0 aliphatic rings. The van der Waals surface area contributed by atoms with Gasteiger partial charge in [-0.2, -0.15) is 0 Å². The van der Waals surface area contributed by atoms with E-state index < -0.39 is 0 Å². The van der Waals surface area contributed by atoms with E-state index in [0.717, 1.165) is 24.8 Å². The molecule has 0 radical (unpaired) electrons. The third kappa shape index (κ3) is 6.55. The fourth-order valence-corrected chi connectivity index (χ4v) is 1.27. The minimum absolute atomic E-state index is 0.884. The molecule has 1 heteroatoms. The van der Waals surface area contributed by atoms with Crippen molar-refractivity contribution in [1.29, 1.82) is 0 Å². The van der Waals surface area contributed by atoms with Gasteiger partial charge in [-0.25, -0.2) is 0 Å². The van der Waals surface area contributed by atoms with E-state index in [1.54, 1.807) is 12.3 Å². The van der Waals surface area contributed by atoms with Crippen molar-refractivity contribution in [3.8, 4) is 0 Å². The van der Waals surface area contributed by atoms with Gasteiger partial charge in [-0.3, -0.25) is 0 Å². The molecule has 0 heterocycles. The topological polar surface area (TPSA) is 26.0 Å². The summed E-state index contributed by atoms with van der Waals surface area (Å²) >= 11 is 0. The molecule has 0 saturated heterocycles. The summed E-state index contributed by atoms with van der Waals surface area (Å²) in [6.45, 7) is 13.5. The van der Waals surface area contributed by atoms with Crippen LogP contribution in [0.15, 0.2) is 60.9 Å². The van der Waals surface area contributed by atoms with E-state index in [9.17, 15) is 0 Å². The lowest BCUT2D eigenvalue weighted by molar-refractivity contribution is 0.900. The summed E-state index contributed by atoms with van der Waals surface area (Å²) in [6, 6.07) is 0. The Morgan fingerprint density at radius 1 is 1.27 bits per heavy atom. The van der Waals surface area contributed by atoms with E-state index in [1.807, 2.05) is 19.1 Å². The number of rotatable bonds is 7. The van der Waals surface area contributed by atoms with Crippen LogP contribution in [0.2, 0.25) is 0 Å². The predicted octanol–water partition coefficient (Wildman–Crippen LogP) is 3.87. The lowest BCUT2D eigenvalue weighted by Crippen LogP contribution is -1.89. The molecule has 0 saturated carbocycles. The van der Waals surface area contributed by atoms with Gasteiger partial charge in [0.25, 0.3) is 0 Å². The monoisotopic (exact) mass is 203 g/mol. The largest absolute Gasteiger partial charge is 0.405 e. The van der Waals surface area contributed by atoms with E-state index in [2.05, 4.69) is 19.7 Å². The van der Waals surface area contributed by atoms with Crippen molar-refractivity contribution < 1.29 is 0 Å². The molecule has 0 aromatic carbocycles. The maximum Gasteiger partial charge on any atom is -0.00700 e. The first kappa shape index (κ1) is 13.5. The van der Waals surface area contributed by atoms with Crippen LogP contribution in [0.5, 0.6) is 0 Å². The lowest BCUT2D eigenvalue weighted by Gasteiger charge is -2.06. The van der Waals surface area contributed by atoms with Crippen LogP contribution in [-0.2, 0) is 0 Å². The molecule has 0 aromatic rings. The van der Waals surface area contributed by atoms with Crippen LogP contribution in [0.1, 0.15) is 26.2 Å². The Bertz CT molecular complexity index is 292. The van der Waals surface area contributed by atoms with Crippen LogP contribution in [0.25, 0.3) is 0 Å². The molecule has 1 nitrogen and oxygen atoms in total. The third-order valence-electron chi connectivity index (χ3n) is 2.17. The summed E-state index contributed by atoms with van der Waals surface area (Å²) in [5.74, 6) is 0. The van der Waals surface area contributed by atoms with Gasteiger partial charge < -0.3 is 5.73 Å². The average molecular weight is 203 g/mol. The second-order valence-electron chi connectivity index (χ2n) is 3.62. The lowest BCUT2D eigenvalue weighted by atomic mass is 10.0. The highest BCUT2D eigenvalue weighted by Gasteiger charge is 1.97.